The molecule has 6 heteroatoms. The molecule has 0 aromatic carbocycles. The zero-order valence-corrected chi connectivity index (χ0v) is 11.4. The van der Waals surface area contributed by atoms with Gasteiger partial charge in [-0.25, -0.2) is 4.79 Å². The molecule has 2 aromatic rings. The molecule has 2 rings (SSSR count). The number of rotatable bonds is 5. The van der Waals surface area contributed by atoms with Crippen molar-refractivity contribution in [1.82, 2.24) is 13.7 Å². The van der Waals surface area contributed by atoms with E-state index >= 15 is 0 Å². The molecule has 0 aliphatic heterocycles. The third-order valence-corrected chi connectivity index (χ3v) is 3.07. The maximum atomic E-state index is 12.1. The fourth-order valence-corrected chi connectivity index (χ4v) is 2.03. The van der Waals surface area contributed by atoms with Crippen LogP contribution in [0.2, 0.25) is 0 Å². The number of aromatic nitrogens is 3. The molecule has 0 spiro atoms. The van der Waals surface area contributed by atoms with E-state index in [4.69, 9.17) is 0 Å². The van der Waals surface area contributed by atoms with E-state index in [1.165, 1.54) is 27.5 Å². The van der Waals surface area contributed by atoms with Gasteiger partial charge in [-0.15, -0.1) is 0 Å². The average Bonchev–Trinajstić information content (AvgIpc) is 2.44. The molecule has 0 N–H and O–H groups in total. The molecule has 0 bridgehead atoms. The van der Waals surface area contributed by atoms with Gasteiger partial charge in [-0.1, -0.05) is 13.0 Å². The van der Waals surface area contributed by atoms with Gasteiger partial charge >= 0.3 is 5.69 Å². The summed E-state index contributed by atoms with van der Waals surface area (Å²) in [6.07, 6.45) is 3.97. The van der Waals surface area contributed by atoms with Crippen molar-refractivity contribution in [2.24, 2.45) is 0 Å². The van der Waals surface area contributed by atoms with Gasteiger partial charge < -0.3 is 9.13 Å². The zero-order chi connectivity index (χ0) is 14.5. The highest BCUT2D eigenvalue weighted by molar-refractivity contribution is 4.93. The summed E-state index contributed by atoms with van der Waals surface area (Å²) in [5.74, 6) is 0. The summed E-state index contributed by atoms with van der Waals surface area (Å²) in [6, 6.07) is 6.22. The van der Waals surface area contributed by atoms with Crippen molar-refractivity contribution < 1.29 is 0 Å². The summed E-state index contributed by atoms with van der Waals surface area (Å²) in [5, 5.41) is 0. The molecule has 20 heavy (non-hydrogen) atoms. The Bertz CT molecular complexity index is 755. The van der Waals surface area contributed by atoms with Crippen LogP contribution in [0, 0.1) is 0 Å². The molecule has 0 aliphatic rings. The molecule has 0 saturated heterocycles. The van der Waals surface area contributed by atoms with Crippen LogP contribution in [0.3, 0.4) is 0 Å². The van der Waals surface area contributed by atoms with Gasteiger partial charge in [0.15, 0.2) is 0 Å². The van der Waals surface area contributed by atoms with Crippen molar-refractivity contribution in [1.29, 1.82) is 0 Å². The van der Waals surface area contributed by atoms with Crippen molar-refractivity contribution in [3.05, 3.63) is 67.9 Å². The van der Waals surface area contributed by atoms with Gasteiger partial charge in [-0.05, 0) is 12.5 Å². The van der Waals surface area contributed by atoms with E-state index in [1.807, 2.05) is 6.92 Å². The number of pyridine rings is 1. The SMILES string of the molecule is CCCn1ccc(=O)n(CCn2ccccc2=O)c1=O. The second-order valence-corrected chi connectivity index (χ2v) is 4.51. The minimum Gasteiger partial charge on any atom is -0.314 e. The van der Waals surface area contributed by atoms with Gasteiger partial charge in [0.1, 0.15) is 0 Å². The smallest absolute Gasteiger partial charge is 0.314 e. The quantitative estimate of drug-likeness (QED) is 0.787. The molecule has 2 aromatic heterocycles. The summed E-state index contributed by atoms with van der Waals surface area (Å²) >= 11 is 0. The Morgan fingerprint density at radius 3 is 2.35 bits per heavy atom. The summed E-state index contributed by atoms with van der Waals surface area (Å²) in [5.41, 5.74) is -0.819. The van der Waals surface area contributed by atoms with Crippen LogP contribution in [0.1, 0.15) is 13.3 Å². The average molecular weight is 275 g/mol. The van der Waals surface area contributed by atoms with Crippen LogP contribution in [0.5, 0.6) is 0 Å². The van der Waals surface area contributed by atoms with E-state index in [0.717, 1.165) is 11.0 Å². The Balaban J connectivity index is 2.28. The van der Waals surface area contributed by atoms with Crippen LogP contribution < -0.4 is 16.8 Å². The Morgan fingerprint density at radius 1 is 0.850 bits per heavy atom. The molecule has 0 saturated carbocycles. The molecule has 0 amide bonds. The van der Waals surface area contributed by atoms with Crippen molar-refractivity contribution >= 4 is 0 Å². The molecule has 106 valence electrons. The number of hydrogen-bond donors (Lipinski definition) is 0. The predicted molar refractivity (Wildman–Crippen MR) is 76.0 cm³/mol. The second kappa shape index (κ2) is 6.18. The fraction of sp³-hybridized carbons (Fsp3) is 0.357. The minimum absolute atomic E-state index is 0.148. The lowest BCUT2D eigenvalue weighted by molar-refractivity contribution is 0.498. The number of aryl methyl sites for hydroxylation is 2. The molecule has 0 fully saturated rings. The van der Waals surface area contributed by atoms with Crippen molar-refractivity contribution in [2.45, 2.75) is 33.0 Å². The van der Waals surface area contributed by atoms with E-state index in [2.05, 4.69) is 0 Å². The maximum Gasteiger partial charge on any atom is 0.331 e. The van der Waals surface area contributed by atoms with Crippen molar-refractivity contribution in [3.8, 4) is 0 Å². The third kappa shape index (κ3) is 2.96. The number of nitrogens with zero attached hydrogens (tertiary/aromatic N) is 3. The van der Waals surface area contributed by atoms with Crippen LogP contribution in [0.25, 0.3) is 0 Å². The first kappa shape index (κ1) is 14.0. The lowest BCUT2D eigenvalue weighted by atomic mass is 10.4. The monoisotopic (exact) mass is 275 g/mol. The standard InChI is InChI=1S/C14H17N3O3/c1-2-7-16-9-6-13(19)17(14(16)20)11-10-15-8-4-3-5-12(15)18/h3-6,8-9H,2,7,10-11H2,1H3. The molecular formula is C14H17N3O3. The highest BCUT2D eigenvalue weighted by Gasteiger charge is 2.05. The van der Waals surface area contributed by atoms with E-state index in [-0.39, 0.29) is 23.4 Å². The summed E-state index contributed by atoms with van der Waals surface area (Å²) in [4.78, 5) is 35.5. The molecule has 6 nitrogen and oxygen atoms in total. The Morgan fingerprint density at radius 2 is 1.65 bits per heavy atom. The molecule has 0 aliphatic carbocycles. The number of hydrogen-bond acceptors (Lipinski definition) is 3. The highest BCUT2D eigenvalue weighted by atomic mass is 16.2. The topological polar surface area (TPSA) is 66.0 Å². The summed E-state index contributed by atoms with van der Waals surface area (Å²) < 4.78 is 4.15. The van der Waals surface area contributed by atoms with Gasteiger partial charge in [0, 0.05) is 44.2 Å². The van der Waals surface area contributed by atoms with Gasteiger partial charge in [0.25, 0.3) is 11.1 Å². The van der Waals surface area contributed by atoms with Crippen LogP contribution in [0.15, 0.2) is 51.0 Å². The van der Waals surface area contributed by atoms with E-state index in [1.54, 1.807) is 18.3 Å². The lowest BCUT2D eigenvalue weighted by Gasteiger charge is -2.10. The van der Waals surface area contributed by atoms with Gasteiger partial charge in [0.2, 0.25) is 0 Å². The molecule has 0 radical (unpaired) electrons. The van der Waals surface area contributed by atoms with E-state index in [9.17, 15) is 14.4 Å². The van der Waals surface area contributed by atoms with E-state index in [0.29, 0.717) is 13.1 Å². The zero-order valence-electron chi connectivity index (χ0n) is 11.4. The maximum absolute atomic E-state index is 12.1. The second-order valence-electron chi connectivity index (χ2n) is 4.51. The van der Waals surface area contributed by atoms with E-state index < -0.39 is 0 Å². The molecule has 2 heterocycles. The lowest BCUT2D eigenvalue weighted by Crippen LogP contribution is -2.40. The highest BCUT2D eigenvalue weighted by Crippen LogP contribution is 1.87. The Kier molecular flexibility index (Phi) is 4.34. The molecular weight excluding hydrogens is 258 g/mol. The first-order valence-electron chi connectivity index (χ1n) is 6.59. The molecule has 0 unspecified atom stereocenters. The van der Waals surface area contributed by atoms with Crippen molar-refractivity contribution in [2.75, 3.05) is 0 Å². The first-order chi connectivity index (χ1) is 9.63. The van der Waals surface area contributed by atoms with Crippen LogP contribution in [0.4, 0.5) is 0 Å². The van der Waals surface area contributed by atoms with Gasteiger partial charge in [0.05, 0.1) is 0 Å². The van der Waals surface area contributed by atoms with Crippen LogP contribution >= 0.6 is 0 Å². The fourth-order valence-electron chi connectivity index (χ4n) is 2.03. The predicted octanol–water partition coefficient (Wildman–Crippen LogP) is 0.282. The normalized spacial score (nSPS) is 10.7. The minimum atomic E-state index is -0.341. The largest absolute Gasteiger partial charge is 0.331 e. The van der Waals surface area contributed by atoms with Gasteiger partial charge in [-0.3, -0.25) is 14.2 Å². The Hall–Kier alpha value is -2.37. The third-order valence-electron chi connectivity index (χ3n) is 3.07. The first-order valence-corrected chi connectivity index (χ1v) is 6.59. The van der Waals surface area contributed by atoms with Gasteiger partial charge in [-0.2, -0.15) is 0 Å². The Labute approximate surface area is 115 Å². The van der Waals surface area contributed by atoms with Crippen molar-refractivity contribution in [3.63, 3.8) is 0 Å². The van der Waals surface area contributed by atoms with Crippen LogP contribution in [-0.4, -0.2) is 13.7 Å². The molecule has 0 atom stereocenters. The van der Waals surface area contributed by atoms with Crippen LogP contribution in [-0.2, 0) is 19.6 Å². The summed E-state index contributed by atoms with van der Waals surface area (Å²) in [6.45, 7) is 3.02. The summed E-state index contributed by atoms with van der Waals surface area (Å²) in [7, 11) is 0.